The summed E-state index contributed by atoms with van der Waals surface area (Å²) in [7, 11) is 0. The highest BCUT2D eigenvalue weighted by Crippen LogP contribution is 2.52. The monoisotopic (exact) mass is 381 g/mol. The van der Waals surface area contributed by atoms with E-state index in [-0.39, 0.29) is 17.8 Å². The zero-order chi connectivity index (χ0) is 19.0. The third-order valence-corrected chi connectivity index (χ3v) is 5.79. The van der Waals surface area contributed by atoms with Crippen molar-refractivity contribution in [1.29, 1.82) is 0 Å². The number of benzene rings is 2. The molecule has 0 bridgehead atoms. The van der Waals surface area contributed by atoms with Gasteiger partial charge in [-0.15, -0.1) is 0 Å². The Morgan fingerprint density at radius 3 is 2.59 bits per heavy atom. The first-order valence-corrected chi connectivity index (χ1v) is 9.34. The van der Waals surface area contributed by atoms with Crippen LogP contribution in [0.5, 0.6) is 0 Å². The molecule has 1 saturated heterocycles. The van der Waals surface area contributed by atoms with Gasteiger partial charge in [0.2, 0.25) is 0 Å². The fraction of sp³-hybridized carbons (Fsp3) is 0.273. The lowest BCUT2D eigenvalue weighted by Crippen LogP contribution is -2.31. The van der Waals surface area contributed by atoms with Crippen molar-refractivity contribution in [1.82, 2.24) is 0 Å². The summed E-state index contributed by atoms with van der Waals surface area (Å²) >= 11 is 5.86. The largest absolute Gasteiger partial charge is 0.465 e. The molecule has 2 atom stereocenters. The Balaban J connectivity index is 1.47. The number of halogens is 1. The van der Waals surface area contributed by atoms with Crippen LogP contribution in [-0.2, 0) is 16.0 Å². The number of carbonyl (C=O) groups excluding carboxylic acids is 2. The molecule has 138 valence electrons. The Morgan fingerprint density at radius 2 is 1.89 bits per heavy atom. The number of hydrogen-bond donors (Lipinski definition) is 1. The Hall–Kier alpha value is -2.59. The fourth-order valence-corrected chi connectivity index (χ4v) is 4.26. The molecule has 4 nitrogen and oxygen atoms in total. The Labute approximate surface area is 163 Å². The van der Waals surface area contributed by atoms with E-state index in [4.69, 9.17) is 16.3 Å². The van der Waals surface area contributed by atoms with Crippen molar-refractivity contribution in [3.8, 4) is 0 Å². The van der Waals surface area contributed by atoms with Crippen molar-refractivity contribution < 1.29 is 14.3 Å². The third-order valence-electron chi connectivity index (χ3n) is 5.54. The molecule has 0 aromatic heterocycles. The zero-order valence-corrected chi connectivity index (χ0v) is 15.6. The molecule has 4 rings (SSSR count). The van der Waals surface area contributed by atoms with Gasteiger partial charge < -0.3 is 10.1 Å². The normalized spacial score (nSPS) is 23.8. The molecular formula is C22H20ClNO3. The van der Waals surface area contributed by atoms with Crippen molar-refractivity contribution >= 4 is 29.2 Å². The number of amides is 1. The molecule has 0 spiro atoms. The van der Waals surface area contributed by atoms with E-state index < -0.39 is 5.41 Å². The van der Waals surface area contributed by atoms with E-state index in [1.165, 1.54) is 0 Å². The number of fused-ring (bicyclic) bond motifs is 1. The molecule has 2 unspecified atom stereocenters. The molecular weight excluding hydrogens is 362 g/mol. The van der Waals surface area contributed by atoms with E-state index in [9.17, 15) is 9.59 Å². The number of hydrogen-bond acceptors (Lipinski definition) is 3. The standard InChI is InChI=1S/C22H20ClNO3/c1-14-10-17-13-27-21(26)22(17,11-14)12-15-2-4-16(5-3-15)20(25)24-19-8-6-18(23)7-9-19/h2-9,17H,1,10-13H2,(H,24,25). The second kappa shape index (κ2) is 6.86. The molecule has 0 radical (unpaired) electrons. The van der Waals surface area contributed by atoms with Crippen molar-refractivity contribution in [2.75, 3.05) is 11.9 Å². The van der Waals surface area contributed by atoms with Crippen LogP contribution in [-0.4, -0.2) is 18.5 Å². The van der Waals surface area contributed by atoms with Crippen LogP contribution in [0.1, 0.15) is 28.8 Å². The first-order valence-electron chi connectivity index (χ1n) is 8.96. The van der Waals surface area contributed by atoms with Gasteiger partial charge in [-0.3, -0.25) is 9.59 Å². The van der Waals surface area contributed by atoms with E-state index in [0.29, 0.717) is 35.7 Å². The minimum absolute atomic E-state index is 0.115. The average molecular weight is 382 g/mol. The smallest absolute Gasteiger partial charge is 0.313 e. The third kappa shape index (κ3) is 3.37. The van der Waals surface area contributed by atoms with E-state index in [1.807, 2.05) is 12.1 Å². The molecule has 5 heteroatoms. The quantitative estimate of drug-likeness (QED) is 0.619. The Morgan fingerprint density at radius 1 is 1.19 bits per heavy atom. The van der Waals surface area contributed by atoms with Crippen LogP contribution in [0.2, 0.25) is 5.02 Å². The highest BCUT2D eigenvalue weighted by Gasteiger charge is 2.55. The summed E-state index contributed by atoms with van der Waals surface area (Å²) in [6.45, 7) is 4.56. The number of anilines is 1. The lowest BCUT2D eigenvalue weighted by Gasteiger charge is -2.24. The number of esters is 1. The minimum atomic E-state index is -0.482. The summed E-state index contributed by atoms with van der Waals surface area (Å²) in [6, 6.07) is 14.4. The first-order chi connectivity index (χ1) is 13.0. The summed E-state index contributed by atoms with van der Waals surface area (Å²) < 4.78 is 5.33. The molecule has 1 aliphatic carbocycles. The molecule has 2 aromatic rings. The van der Waals surface area contributed by atoms with Crippen LogP contribution >= 0.6 is 11.6 Å². The molecule has 1 amide bonds. The molecule has 1 aliphatic heterocycles. The summed E-state index contributed by atoms with van der Waals surface area (Å²) in [5.41, 5.74) is 2.91. The highest BCUT2D eigenvalue weighted by atomic mass is 35.5. The van der Waals surface area contributed by atoms with E-state index in [0.717, 1.165) is 17.6 Å². The van der Waals surface area contributed by atoms with Gasteiger partial charge in [0.05, 0.1) is 12.0 Å². The fourth-order valence-electron chi connectivity index (χ4n) is 4.14. The molecule has 2 aromatic carbocycles. The maximum atomic E-state index is 12.4. The molecule has 2 aliphatic rings. The summed E-state index contributed by atoms with van der Waals surface area (Å²) in [5.74, 6) is -0.0875. The van der Waals surface area contributed by atoms with Crippen molar-refractivity contribution in [3.05, 3.63) is 76.8 Å². The predicted molar refractivity (Wildman–Crippen MR) is 105 cm³/mol. The van der Waals surface area contributed by atoms with Crippen molar-refractivity contribution in [2.45, 2.75) is 19.3 Å². The van der Waals surface area contributed by atoms with Crippen molar-refractivity contribution in [3.63, 3.8) is 0 Å². The molecule has 1 heterocycles. The zero-order valence-electron chi connectivity index (χ0n) is 14.8. The van der Waals surface area contributed by atoms with Gasteiger partial charge >= 0.3 is 5.97 Å². The maximum Gasteiger partial charge on any atom is 0.313 e. The summed E-state index contributed by atoms with van der Waals surface area (Å²) in [5, 5.41) is 3.46. The van der Waals surface area contributed by atoms with Crippen LogP contribution in [0, 0.1) is 11.3 Å². The lowest BCUT2D eigenvalue weighted by atomic mass is 9.75. The number of carbonyl (C=O) groups is 2. The number of ether oxygens (including phenoxy) is 1. The summed E-state index contributed by atoms with van der Waals surface area (Å²) in [6.07, 6.45) is 2.16. The minimum Gasteiger partial charge on any atom is -0.465 e. The van der Waals surface area contributed by atoms with Gasteiger partial charge in [-0.25, -0.2) is 0 Å². The molecule has 27 heavy (non-hydrogen) atoms. The van der Waals surface area contributed by atoms with Gasteiger partial charge in [-0.05, 0) is 61.2 Å². The van der Waals surface area contributed by atoms with Gasteiger partial charge in [0, 0.05) is 22.2 Å². The van der Waals surface area contributed by atoms with Crippen LogP contribution in [0.4, 0.5) is 5.69 Å². The van der Waals surface area contributed by atoms with Gasteiger partial charge in [-0.2, -0.15) is 0 Å². The number of nitrogens with one attached hydrogen (secondary N) is 1. The first kappa shape index (κ1) is 17.8. The SMILES string of the molecule is C=C1CC2COC(=O)C2(Cc2ccc(C(=O)Nc3ccc(Cl)cc3)cc2)C1. The average Bonchev–Trinajstić information content (AvgIpc) is 3.12. The maximum absolute atomic E-state index is 12.4. The number of rotatable bonds is 4. The van der Waals surface area contributed by atoms with Gasteiger partial charge in [0.15, 0.2) is 0 Å². The van der Waals surface area contributed by atoms with Gasteiger partial charge in [-0.1, -0.05) is 35.9 Å². The Kier molecular flexibility index (Phi) is 4.52. The van der Waals surface area contributed by atoms with Crippen LogP contribution < -0.4 is 5.32 Å². The van der Waals surface area contributed by atoms with E-state index in [1.54, 1.807) is 36.4 Å². The van der Waals surface area contributed by atoms with Crippen molar-refractivity contribution in [2.24, 2.45) is 11.3 Å². The molecule has 1 saturated carbocycles. The van der Waals surface area contributed by atoms with E-state index >= 15 is 0 Å². The second-order valence-corrected chi connectivity index (χ2v) is 7.85. The number of allylic oxidation sites excluding steroid dienone is 1. The topological polar surface area (TPSA) is 55.4 Å². The van der Waals surface area contributed by atoms with E-state index in [2.05, 4.69) is 11.9 Å². The molecule has 2 fully saturated rings. The number of cyclic esters (lactones) is 1. The Bertz CT molecular complexity index is 904. The van der Waals surface area contributed by atoms with Crippen LogP contribution in [0.15, 0.2) is 60.7 Å². The van der Waals surface area contributed by atoms with Gasteiger partial charge in [0.25, 0.3) is 5.91 Å². The predicted octanol–water partition coefficient (Wildman–Crippen LogP) is 4.64. The lowest BCUT2D eigenvalue weighted by molar-refractivity contribution is -0.146. The highest BCUT2D eigenvalue weighted by molar-refractivity contribution is 6.30. The second-order valence-electron chi connectivity index (χ2n) is 7.42. The summed E-state index contributed by atoms with van der Waals surface area (Å²) in [4.78, 5) is 24.8. The van der Waals surface area contributed by atoms with Crippen LogP contribution in [0.25, 0.3) is 0 Å². The van der Waals surface area contributed by atoms with Crippen LogP contribution in [0.3, 0.4) is 0 Å². The van der Waals surface area contributed by atoms with Gasteiger partial charge in [0.1, 0.15) is 0 Å². The molecule has 1 N–H and O–H groups in total.